The topological polar surface area (TPSA) is 100 Å². The van der Waals surface area contributed by atoms with Crippen molar-refractivity contribution in [3.8, 4) is 0 Å². The number of carbonyl (C=O) groups is 1. The van der Waals surface area contributed by atoms with E-state index in [0.717, 1.165) is 10.0 Å². The molecule has 1 amide bonds. The van der Waals surface area contributed by atoms with E-state index in [9.17, 15) is 9.90 Å². The lowest BCUT2D eigenvalue weighted by Crippen LogP contribution is -2.46. The normalized spacial score (nSPS) is 26.2. The van der Waals surface area contributed by atoms with E-state index in [1.54, 1.807) is 11.0 Å². The molecule has 4 unspecified atom stereocenters. The number of benzene rings is 1. The maximum absolute atomic E-state index is 13.6. The minimum Gasteiger partial charge on any atom is -0.391 e. The predicted octanol–water partition coefficient (Wildman–Crippen LogP) is 1.36. The molecule has 1 aromatic heterocycles. The van der Waals surface area contributed by atoms with E-state index in [2.05, 4.69) is 26.6 Å². The molecule has 4 atom stereocenters. The fourth-order valence-corrected chi connectivity index (χ4v) is 4.48. The summed E-state index contributed by atoms with van der Waals surface area (Å²) >= 11 is 3.43. The number of aliphatic hydroxyl groups excluding tert-OH is 1. The summed E-state index contributed by atoms with van der Waals surface area (Å²) in [5.74, 6) is 0.172. The fraction of sp³-hybridized carbons (Fsp3) is 0.476. The zero-order valence-corrected chi connectivity index (χ0v) is 19.7. The van der Waals surface area contributed by atoms with Crippen molar-refractivity contribution in [3.63, 3.8) is 0 Å². The Balaban J connectivity index is 1.61. The van der Waals surface area contributed by atoms with Gasteiger partial charge >= 0.3 is 0 Å². The van der Waals surface area contributed by atoms with Crippen LogP contribution in [0, 0.1) is 5.92 Å². The lowest BCUT2D eigenvalue weighted by molar-refractivity contribution is -0.134. The molecule has 1 aromatic carbocycles. The zero-order chi connectivity index (χ0) is 23.0. The van der Waals surface area contributed by atoms with Gasteiger partial charge in [-0.3, -0.25) is 4.79 Å². The van der Waals surface area contributed by atoms with Crippen LogP contribution < -0.4 is 11.1 Å². The number of hydrogen-bond donors (Lipinski definition) is 2. The third-order valence-corrected chi connectivity index (χ3v) is 6.43. The molecule has 0 saturated carbocycles. The maximum Gasteiger partial charge on any atom is 0.234 e. The SMILES string of the molecule is [B][B]c1cc(C(C(=O)N2CC(O)CC2C2=NC(C)(c3ccc(Br)cc3)ON2)C(C)C)on1. The number of hydrogen-bond acceptors (Lipinski definition) is 7. The zero-order valence-electron chi connectivity index (χ0n) is 18.2. The van der Waals surface area contributed by atoms with Gasteiger partial charge in [0.25, 0.3) is 0 Å². The number of carbonyl (C=O) groups excluding carboxylic acids is 1. The Morgan fingerprint density at radius 3 is 2.75 bits per heavy atom. The second kappa shape index (κ2) is 9.03. The van der Waals surface area contributed by atoms with Crippen LogP contribution in [-0.4, -0.2) is 60.5 Å². The van der Waals surface area contributed by atoms with Crippen molar-refractivity contribution in [1.29, 1.82) is 0 Å². The number of nitrogens with one attached hydrogen (secondary N) is 1. The number of β-amino-alcohol motifs (C(OH)–C–C–N with tert-alkyl or cyclic N) is 1. The molecule has 3 radical (unpaired) electrons. The van der Waals surface area contributed by atoms with E-state index in [0.29, 0.717) is 23.6 Å². The van der Waals surface area contributed by atoms with Crippen molar-refractivity contribution in [2.75, 3.05) is 6.54 Å². The Hall–Kier alpha value is -2.10. The summed E-state index contributed by atoms with van der Waals surface area (Å²) in [6.07, 6.45) is -0.302. The number of amidine groups is 1. The van der Waals surface area contributed by atoms with Crippen molar-refractivity contribution in [2.24, 2.45) is 10.9 Å². The first-order chi connectivity index (χ1) is 15.2. The summed E-state index contributed by atoms with van der Waals surface area (Å²) < 4.78 is 6.36. The lowest BCUT2D eigenvalue weighted by Gasteiger charge is -2.29. The van der Waals surface area contributed by atoms with Crippen LogP contribution in [0.1, 0.15) is 44.4 Å². The van der Waals surface area contributed by atoms with E-state index in [1.165, 1.54) is 7.17 Å². The first kappa shape index (κ1) is 23.1. The summed E-state index contributed by atoms with van der Waals surface area (Å²) in [7, 11) is 6.85. The second-order valence-corrected chi connectivity index (χ2v) is 9.55. The summed E-state index contributed by atoms with van der Waals surface area (Å²) in [5, 5.41) is 14.3. The van der Waals surface area contributed by atoms with Gasteiger partial charge in [-0.25, -0.2) is 15.3 Å². The maximum atomic E-state index is 13.6. The van der Waals surface area contributed by atoms with Gasteiger partial charge in [0.15, 0.2) is 0 Å². The number of amides is 1. The van der Waals surface area contributed by atoms with Gasteiger partial charge in [0.2, 0.25) is 11.6 Å². The molecule has 2 N–H and O–H groups in total. The molecule has 2 aliphatic heterocycles. The fourth-order valence-electron chi connectivity index (χ4n) is 4.21. The molecule has 0 aliphatic carbocycles. The largest absolute Gasteiger partial charge is 0.391 e. The highest BCUT2D eigenvalue weighted by atomic mass is 79.9. The number of rotatable bonds is 6. The molecule has 0 spiro atoms. The summed E-state index contributed by atoms with van der Waals surface area (Å²) in [5.41, 5.74) is 3.30. The third kappa shape index (κ3) is 4.38. The molecule has 165 valence electrons. The quantitative estimate of drug-likeness (QED) is 0.585. The summed E-state index contributed by atoms with van der Waals surface area (Å²) in [6.45, 7) is 5.94. The Morgan fingerprint density at radius 2 is 2.12 bits per heavy atom. The van der Waals surface area contributed by atoms with Gasteiger partial charge in [-0.1, -0.05) is 47.1 Å². The van der Waals surface area contributed by atoms with Crippen LogP contribution in [-0.2, 0) is 15.4 Å². The van der Waals surface area contributed by atoms with E-state index in [-0.39, 0.29) is 18.4 Å². The van der Waals surface area contributed by atoms with Crippen LogP contribution in [0.15, 0.2) is 44.3 Å². The monoisotopic (exact) mass is 497 g/mol. The number of nitrogens with zero attached hydrogens (tertiary/aromatic N) is 3. The van der Waals surface area contributed by atoms with Gasteiger partial charge in [0, 0.05) is 36.3 Å². The molecule has 3 heterocycles. The van der Waals surface area contributed by atoms with Crippen molar-refractivity contribution < 1.29 is 19.3 Å². The van der Waals surface area contributed by atoms with Gasteiger partial charge in [-0.2, -0.15) is 0 Å². The van der Waals surface area contributed by atoms with E-state index in [1.807, 2.05) is 45.0 Å². The van der Waals surface area contributed by atoms with Crippen LogP contribution in [0.25, 0.3) is 0 Å². The van der Waals surface area contributed by atoms with Crippen LogP contribution >= 0.6 is 15.9 Å². The minimum atomic E-state index is -0.938. The molecule has 8 nitrogen and oxygen atoms in total. The van der Waals surface area contributed by atoms with Crippen LogP contribution in [0.2, 0.25) is 0 Å². The second-order valence-electron chi connectivity index (χ2n) is 8.63. The summed E-state index contributed by atoms with van der Waals surface area (Å²) in [4.78, 5) is 25.9. The molecule has 4 rings (SSSR count). The Bertz CT molecular complexity index is 1020. The first-order valence-corrected chi connectivity index (χ1v) is 11.3. The molecule has 0 bridgehead atoms. The first-order valence-electron chi connectivity index (χ1n) is 10.5. The number of aromatic nitrogens is 1. The number of hydroxylamine groups is 1. The van der Waals surface area contributed by atoms with Crippen LogP contribution in [0.4, 0.5) is 0 Å². The smallest absolute Gasteiger partial charge is 0.234 e. The summed E-state index contributed by atoms with van der Waals surface area (Å²) in [6, 6.07) is 8.92. The molecular formula is C21H24B2BrN4O4. The minimum absolute atomic E-state index is 0.0535. The predicted molar refractivity (Wildman–Crippen MR) is 124 cm³/mol. The number of aliphatic imine (C=N–C) groups is 1. The van der Waals surface area contributed by atoms with Crippen molar-refractivity contribution in [2.45, 2.75) is 51.0 Å². The standard InChI is InChI=1S/C21H24B2BrN4O4/c1-11(2)18(16-9-17(23-22)26-31-16)20(30)28-10-14(29)8-15(28)19-25-21(3,32-27-19)12-4-6-13(24)7-5-12/h4-7,9,11,14-15,18,29H,8,10H2,1-3H3,(H,25,27). The van der Waals surface area contributed by atoms with Crippen molar-refractivity contribution in [1.82, 2.24) is 15.5 Å². The van der Waals surface area contributed by atoms with Crippen molar-refractivity contribution in [3.05, 3.63) is 46.1 Å². The Labute approximate surface area is 197 Å². The molecule has 1 fully saturated rings. The number of halogens is 1. The molecule has 2 aliphatic rings. The number of aliphatic hydroxyl groups is 1. The van der Waals surface area contributed by atoms with E-state index in [4.69, 9.17) is 22.1 Å². The van der Waals surface area contributed by atoms with Crippen molar-refractivity contribution >= 4 is 48.2 Å². The molecule has 32 heavy (non-hydrogen) atoms. The highest BCUT2D eigenvalue weighted by Gasteiger charge is 2.45. The van der Waals surface area contributed by atoms with Gasteiger partial charge in [0.05, 0.1) is 12.1 Å². The average Bonchev–Trinajstić information content (AvgIpc) is 3.47. The van der Waals surface area contributed by atoms with Crippen LogP contribution in [0.5, 0.6) is 0 Å². The van der Waals surface area contributed by atoms with Gasteiger partial charge in [-0.05, 0) is 31.0 Å². The molecular weight excluding hydrogens is 474 g/mol. The lowest BCUT2D eigenvalue weighted by atomic mass is 9.53. The third-order valence-electron chi connectivity index (χ3n) is 5.90. The van der Waals surface area contributed by atoms with Gasteiger partial charge < -0.3 is 14.5 Å². The Kier molecular flexibility index (Phi) is 6.51. The van der Waals surface area contributed by atoms with Crippen LogP contribution in [0.3, 0.4) is 0 Å². The number of likely N-dealkylation sites (tertiary alicyclic amines) is 1. The van der Waals surface area contributed by atoms with E-state index < -0.39 is 23.8 Å². The highest BCUT2D eigenvalue weighted by molar-refractivity contribution is 9.10. The van der Waals surface area contributed by atoms with E-state index >= 15 is 0 Å². The highest BCUT2D eigenvalue weighted by Crippen LogP contribution is 2.35. The van der Waals surface area contributed by atoms with Gasteiger partial charge in [0.1, 0.15) is 24.7 Å². The average molecular weight is 498 g/mol. The molecule has 11 heteroatoms. The van der Waals surface area contributed by atoms with Gasteiger partial charge in [-0.15, -0.1) is 0 Å². The molecule has 1 saturated heterocycles. The Morgan fingerprint density at radius 1 is 1.41 bits per heavy atom. The molecule has 2 aromatic rings.